The normalized spacial score (nSPS) is 11.7. The first-order chi connectivity index (χ1) is 7.17. The Morgan fingerprint density at radius 2 is 1.93 bits per heavy atom. The lowest BCUT2D eigenvalue weighted by atomic mass is 9.99. The van der Waals surface area contributed by atoms with E-state index in [1.54, 1.807) is 6.07 Å². The molecule has 78 valence electrons. The van der Waals surface area contributed by atoms with E-state index >= 15 is 0 Å². The molecule has 0 saturated heterocycles. The van der Waals surface area contributed by atoms with E-state index in [4.69, 9.17) is 10.4 Å². The van der Waals surface area contributed by atoms with E-state index in [1.807, 2.05) is 24.3 Å². The van der Waals surface area contributed by atoms with E-state index in [0.717, 1.165) is 12.0 Å². The average Bonchev–Trinajstić information content (AvgIpc) is 2.26. The second kappa shape index (κ2) is 5.16. The summed E-state index contributed by atoms with van der Waals surface area (Å²) in [5.41, 5.74) is 2.10. The lowest BCUT2D eigenvalue weighted by Crippen LogP contribution is -2.14. The molecule has 1 aromatic rings. The summed E-state index contributed by atoms with van der Waals surface area (Å²) in [7, 11) is 0. The molecule has 0 aliphatic heterocycles. The number of carboxylic acids is 1. The van der Waals surface area contributed by atoms with Crippen LogP contribution in [0.4, 0.5) is 0 Å². The zero-order chi connectivity index (χ0) is 11.3. The van der Waals surface area contributed by atoms with Gasteiger partial charge in [-0.15, -0.1) is 0 Å². The van der Waals surface area contributed by atoms with Crippen molar-refractivity contribution in [2.24, 2.45) is 5.92 Å². The Kier molecular flexibility index (Phi) is 3.87. The summed E-state index contributed by atoms with van der Waals surface area (Å²) in [6, 6.07) is 9.47. The Morgan fingerprint density at radius 3 is 2.33 bits per heavy atom. The molecule has 0 saturated carbocycles. The van der Waals surface area contributed by atoms with Crippen molar-refractivity contribution in [3.05, 3.63) is 35.4 Å². The minimum atomic E-state index is -1.06. The van der Waals surface area contributed by atoms with Crippen LogP contribution in [0.1, 0.15) is 18.1 Å². The van der Waals surface area contributed by atoms with Crippen LogP contribution < -0.4 is 0 Å². The molecule has 0 aliphatic carbocycles. The largest absolute Gasteiger partial charge is 0.480 e. The molecule has 3 heteroatoms. The molecule has 1 rings (SSSR count). The highest BCUT2D eigenvalue weighted by molar-refractivity contribution is 5.73. The third-order valence-corrected chi connectivity index (χ3v) is 2.32. The van der Waals surface area contributed by atoms with E-state index < -0.39 is 11.9 Å². The molecule has 0 fully saturated rings. The average molecular weight is 203 g/mol. The van der Waals surface area contributed by atoms with Crippen LogP contribution in [0.2, 0.25) is 0 Å². The standard InChI is InChI=1S/C12H13NO2/c1-2-9-3-5-10(6-4-9)7-11(8-13)12(14)15/h3-6,11H,2,7H2,1H3,(H,14,15). The van der Waals surface area contributed by atoms with Gasteiger partial charge in [0, 0.05) is 0 Å². The van der Waals surface area contributed by atoms with E-state index in [1.165, 1.54) is 5.56 Å². The van der Waals surface area contributed by atoms with Crippen molar-refractivity contribution in [3.63, 3.8) is 0 Å². The van der Waals surface area contributed by atoms with Crippen molar-refractivity contribution in [3.8, 4) is 6.07 Å². The minimum absolute atomic E-state index is 0.274. The Hall–Kier alpha value is -1.82. The molecule has 1 N–H and O–H groups in total. The van der Waals surface area contributed by atoms with Crippen LogP contribution >= 0.6 is 0 Å². The van der Waals surface area contributed by atoms with Gasteiger partial charge in [-0.05, 0) is 24.0 Å². The zero-order valence-corrected chi connectivity index (χ0v) is 8.60. The van der Waals surface area contributed by atoms with Gasteiger partial charge in [0.05, 0.1) is 6.07 Å². The fourth-order valence-electron chi connectivity index (χ4n) is 1.33. The molecule has 0 aromatic heterocycles. The fourth-order valence-corrected chi connectivity index (χ4v) is 1.33. The molecule has 0 radical (unpaired) electrons. The van der Waals surface area contributed by atoms with E-state index in [9.17, 15) is 4.79 Å². The quantitative estimate of drug-likeness (QED) is 0.814. The topological polar surface area (TPSA) is 61.1 Å². The first-order valence-corrected chi connectivity index (χ1v) is 4.87. The van der Waals surface area contributed by atoms with Crippen LogP contribution in [0, 0.1) is 17.2 Å². The molecular formula is C12H13NO2. The van der Waals surface area contributed by atoms with E-state index in [0.29, 0.717) is 0 Å². The molecule has 3 nitrogen and oxygen atoms in total. The van der Waals surface area contributed by atoms with Crippen LogP contribution in [0.5, 0.6) is 0 Å². The summed E-state index contributed by atoms with van der Waals surface area (Å²) in [4.78, 5) is 10.6. The zero-order valence-electron chi connectivity index (χ0n) is 8.60. The summed E-state index contributed by atoms with van der Waals surface area (Å²) in [6.07, 6.45) is 1.23. The van der Waals surface area contributed by atoms with Crippen LogP contribution in [-0.4, -0.2) is 11.1 Å². The molecule has 15 heavy (non-hydrogen) atoms. The minimum Gasteiger partial charge on any atom is -0.480 e. The van der Waals surface area contributed by atoms with Gasteiger partial charge in [0.2, 0.25) is 0 Å². The number of hydrogen-bond donors (Lipinski definition) is 1. The third kappa shape index (κ3) is 3.10. The smallest absolute Gasteiger partial charge is 0.321 e. The van der Waals surface area contributed by atoms with Crippen molar-refractivity contribution in [1.82, 2.24) is 0 Å². The molecule has 0 aliphatic rings. The highest BCUT2D eigenvalue weighted by atomic mass is 16.4. The second-order valence-corrected chi connectivity index (χ2v) is 3.39. The third-order valence-electron chi connectivity index (χ3n) is 2.32. The monoisotopic (exact) mass is 203 g/mol. The molecule has 0 bridgehead atoms. The van der Waals surface area contributed by atoms with Gasteiger partial charge in [-0.3, -0.25) is 4.79 Å². The number of nitriles is 1. The summed E-state index contributed by atoms with van der Waals surface area (Å²) in [6.45, 7) is 2.06. The predicted octanol–water partition coefficient (Wildman–Crippen LogP) is 2.02. The Bertz CT molecular complexity index is 376. The van der Waals surface area contributed by atoms with Crippen LogP contribution in [-0.2, 0) is 17.6 Å². The fraction of sp³-hybridized carbons (Fsp3) is 0.333. The number of aliphatic carboxylic acids is 1. The summed E-state index contributed by atoms with van der Waals surface area (Å²) in [5.74, 6) is -2.01. The maximum Gasteiger partial charge on any atom is 0.321 e. The van der Waals surface area contributed by atoms with Gasteiger partial charge in [0.25, 0.3) is 0 Å². The highest BCUT2D eigenvalue weighted by Crippen LogP contribution is 2.10. The number of nitrogens with zero attached hydrogens (tertiary/aromatic N) is 1. The van der Waals surface area contributed by atoms with Crippen molar-refractivity contribution in [1.29, 1.82) is 5.26 Å². The molecule has 1 unspecified atom stereocenters. The number of hydrogen-bond acceptors (Lipinski definition) is 2. The van der Waals surface area contributed by atoms with E-state index in [2.05, 4.69) is 6.92 Å². The Labute approximate surface area is 89.0 Å². The number of carboxylic acid groups (broad SMARTS) is 1. The SMILES string of the molecule is CCc1ccc(CC(C#N)C(=O)O)cc1. The van der Waals surface area contributed by atoms with Crippen molar-refractivity contribution >= 4 is 5.97 Å². The summed E-state index contributed by atoms with van der Waals surface area (Å²) < 4.78 is 0. The predicted molar refractivity (Wildman–Crippen MR) is 56.3 cm³/mol. The summed E-state index contributed by atoms with van der Waals surface area (Å²) in [5, 5.41) is 17.3. The first-order valence-electron chi connectivity index (χ1n) is 4.87. The number of rotatable bonds is 4. The number of benzene rings is 1. The van der Waals surface area contributed by atoms with Crippen LogP contribution in [0.15, 0.2) is 24.3 Å². The first kappa shape index (κ1) is 11.3. The van der Waals surface area contributed by atoms with Gasteiger partial charge >= 0.3 is 5.97 Å². The molecular weight excluding hydrogens is 190 g/mol. The molecule has 1 atom stereocenters. The molecule has 0 heterocycles. The highest BCUT2D eigenvalue weighted by Gasteiger charge is 2.16. The van der Waals surface area contributed by atoms with Gasteiger partial charge < -0.3 is 5.11 Å². The molecule has 0 spiro atoms. The number of carbonyl (C=O) groups is 1. The lowest BCUT2D eigenvalue weighted by molar-refractivity contribution is -0.139. The lowest BCUT2D eigenvalue weighted by Gasteiger charge is -2.04. The van der Waals surface area contributed by atoms with Crippen molar-refractivity contribution < 1.29 is 9.90 Å². The Morgan fingerprint density at radius 1 is 1.40 bits per heavy atom. The molecule has 1 aromatic carbocycles. The maximum atomic E-state index is 10.6. The number of aryl methyl sites for hydroxylation is 1. The van der Waals surface area contributed by atoms with E-state index in [-0.39, 0.29) is 6.42 Å². The van der Waals surface area contributed by atoms with Gasteiger partial charge in [0.15, 0.2) is 0 Å². The second-order valence-electron chi connectivity index (χ2n) is 3.39. The van der Waals surface area contributed by atoms with Gasteiger partial charge in [-0.2, -0.15) is 5.26 Å². The van der Waals surface area contributed by atoms with Gasteiger partial charge in [-0.25, -0.2) is 0 Å². The van der Waals surface area contributed by atoms with Crippen molar-refractivity contribution in [2.45, 2.75) is 19.8 Å². The Balaban J connectivity index is 2.72. The maximum absolute atomic E-state index is 10.6. The van der Waals surface area contributed by atoms with Gasteiger partial charge in [0.1, 0.15) is 5.92 Å². The van der Waals surface area contributed by atoms with Gasteiger partial charge in [-0.1, -0.05) is 31.2 Å². The van der Waals surface area contributed by atoms with Crippen LogP contribution in [0.3, 0.4) is 0 Å². The molecule has 0 amide bonds. The van der Waals surface area contributed by atoms with Crippen molar-refractivity contribution in [2.75, 3.05) is 0 Å². The van der Waals surface area contributed by atoms with Crippen LogP contribution in [0.25, 0.3) is 0 Å². The summed E-state index contributed by atoms with van der Waals surface area (Å²) >= 11 is 0.